The maximum absolute atomic E-state index is 11.9. The third-order valence-electron chi connectivity index (χ3n) is 3.81. The average molecular weight is 414 g/mol. The Bertz CT molecular complexity index is 1060. The molecule has 0 aliphatic carbocycles. The van der Waals surface area contributed by atoms with Crippen LogP contribution in [0.5, 0.6) is 5.75 Å². The number of furan rings is 1. The Balaban J connectivity index is 1.54. The van der Waals surface area contributed by atoms with E-state index in [2.05, 4.69) is 10.5 Å². The number of amides is 1. The number of halogens is 1. The van der Waals surface area contributed by atoms with Gasteiger partial charge in [-0.1, -0.05) is 17.7 Å². The van der Waals surface area contributed by atoms with Crippen LogP contribution < -0.4 is 10.2 Å². The molecule has 0 spiro atoms. The van der Waals surface area contributed by atoms with E-state index in [1.54, 1.807) is 37.3 Å². The molecule has 2 aromatic carbocycles. The predicted octanol–water partition coefficient (Wildman–Crippen LogP) is 4.35. The largest absolute Gasteiger partial charge is 0.477 e. The third-order valence-corrected chi connectivity index (χ3v) is 4.06. The first kappa shape index (κ1) is 20.1. The third kappa shape index (κ3) is 5.43. The molecule has 0 aliphatic rings. The van der Waals surface area contributed by atoms with Crippen LogP contribution in [0, 0.1) is 17.0 Å². The number of carbonyl (C=O) groups excluding carboxylic acids is 1. The molecule has 8 nitrogen and oxygen atoms in total. The lowest BCUT2D eigenvalue weighted by Crippen LogP contribution is -2.24. The normalized spacial score (nSPS) is 10.8. The van der Waals surface area contributed by atoms with Crippen LogP contribution in [0.3, 0.4) is 0 Å². The fourth-order valence-corrected chi connectivity index (χ4v) is 2.55. The summed E-state index contributed by atoms with van der Waals surface area (Å²) < 4.78 is 10.9. The summed E-state index contributed by atoms with van der Waals surface area (Å²) in [7, 11) is 0. The molecule has 0 saturated carbocycles. The summed E-state index contributed by atoms with van der Waals surface area (Å²) in [6.45, 7) is 1.31. The van der Waals surface area contributed by atoms with Gasteiger partial charge in [0.1, 0.15) is 11.5 Å². The number of carbonyl (C=O) groups is 1. The maximum Gasteiger partial charge on any atom is 0.311 e. The minimum atomic E-state index is -0.569. The Labute approximate surface area is 170 Å². The van der Waals surface area contributed by atoms with Crippen LogP contribution in [0.15, 0.2) is 64.1 Å². The van der Waals surface area contributed by atoms with E-state index >= 15 is 0 Å². The molecule has 1 aromatic heterocycles. The number of benzene rings is 2. The summed E-state index contributed by atoms with van der Waals surface area (Å²) in [5, 5.41) is 15.5. The summed E-state index contributed by atoms with van der Waals surface area (Å²) in [5.74, 6) is 0.508. The van der Waals surface area contributed by atoms with Crippen LogP contribution in [0.1, 0.15) is 11.3 Å². The highest BCUT2D eigenvalue weighted by atomic mass is 35.5. The molecule has 0 unspecified atom stereocenters. The molecule has 0 atom stereocenters. The van der Waals surface area contributed by atoms with Crippen molar-refractivity contribution < 1.29 is 18.9 Å². The lowest BCUT2D eigenvalue weighted by molar-refractivity contribution is -0.385. The van der Waals surface area contributed by atoms with Gasteiger partial charge in [0, 0.05) is 16.7 Å². The highest BCUT2D eigenvalue weighted by molar-refractivity contribution is 6.30. The summed E-state index contributed by atoms with van der Waals surface area (Å²) >= 11 is 5.86. The smallest absolute Gasteiger partial charge is 0.311 e. The van der Waals surface area contributed by atoms with Gasteiger partial charge in [0.25, 0.3) is 5.91 Å². The number of ether oxygens (including phenoxy) is 1. The summed E-state index contributed by atoms with van der Waals surface area (Å²) in [4.78, 5) is 22.3. The number of hydrogen-bond donors (Lipinski definition) is 1. The zero-order chi connectivity index (χ0) is 20.8. The van der Waals surface area contributed by atoms with Crippen LogP contribution in [0.4, 0.5) is 5.69 Å². The van der Waals surface area contributed by atoms with Gasteiger partial charge in [0.05, 0.1) is 11.1 Å². The van der Waals surface area contributed by atoms with Gasteiger partial charge in [-0.05, 0) is 55.0 Å². The number of hydrogen-bond acceptors (Lipinski definition) is 6. The van der Waals surface area contributed by atoms with Crippen molar-refractivity contribution in [3.8, 4) is 17.1 Å². The van der Waals surface area contributed by atoms with Crippen molar-refractivity contribution in [3.05, 3.63) is 81.1 Å². The van der Waals surface area contributed by atoms with Gasteiger partial charge in [-0.15, -0.1) is 0 Å². The molecule has 0 aliphatic heterocycles. The van der Waals surface area contributed by atoms with E-state index in [9.17, 15) is 14.9 Å². The first-order chi connectivity index (χ1) is 13.9. The molecule has 1 N–H and O–H groups in total. The number of aryl methyl sites for hydroxylation is 1. The summed E-state index contributed by atoms with van der Waals surface area (Å²) in [5.41, 5.74) is 3.64. The molecule has 0 saturated heterocycles. The minimum absolute atomic E-state index is 0.0124. The van der Waals surface area contributed by atoms with Crippen molar-refractivity contribution in [3.63, 3.8) is 0 Å². The Morgan fingerprint density at radius 1 is 1.24 bits per heavy atom. The molecule has 0 radical (unpaired) electrons. The van der Waals surface area contributed by atoms with Gasteiger partial charge in [0.15, 0.2) is 12.4 Å². The Morgan fingerprint density at radius 2 is 2.00 bits per heavy atom. The number of nitro benzene ring substituents is 1. The molecule has 9 heteroatoms. The summed E-state index contributed by atoms with van der Waals surface area (Å²) in [6, 6.07) is 15.1. The second-order valence-corrected chi connectivity index (χ2v) is 6.46. The van der Waals surface area contributed by atoms with E-state index in [0.29, 0.717) is 16.5 Å². The Hall–Kier alpha value is -3.65. The predicted molar refractivity (Wildman–Crippen MR) is 108 cm³/mol. The monoisotopic (exact) mass is 413 g/mol. The quantitative estimate of drug-likeness (QED) is 0.352. The molecular weight excluding hydrogens is 398 g/mol. The first-order valence-corrected chi connectivity index (χ1v) is 8.85. The Kier molecular flexibility index (Phi) is 6.25. The van der Waals surface area contributed by atoms with Crippen LogP contribution >= 0.6 is 11.6 Å². The number of nitrogens with one attached hydrogen (secondary N) is 1. The molecule has 0 fully saturated rings. The van der Waals surface area contributed by atoms with E-state index in [0.717, 1.165) is 11.1 Å². The highest BCUT2D eigenvalue weighted by Gasteiger charge is 2.16. The zero-order valence-corrected chi connectivity index (χ0v) is 16.1. The van der Waals surface area contributed by atoms with Crippen LogP contribution in [0.25, 0.3) is 11.3 Å². The first-order valence-electron chi connectivity index (χ1n) is 8.48. The molecule has 1 heterocycles. The van der Waals surface area contributed by atoms with Crippen molar-refractivity contribution in [2.75, 3.05) is 6.61 Å². The fourth-order valence-electron chi connectivity index (χ4n) is 2.43. The van der Waals surface area contributed by atoms with E-state index < -0.39 is 17.4 Å². The van der Waals surface area contributed by atoms with Crippen LogP contribution in [-0.4, -0.2) is 23.7 Å². The van der Waals surface area contributed by atoms with Gasteiger partial charge in [-0.3, -0.25) is 14.9 Å². The lowest BCUT2D eigenvalue weighted by Gasteiger charge is -2.06. The zero-order valence-electron chi connectivity index (χ0n) is 15.3. The van der Waals surface area contributed by atoms with Crippen molar-refractivity contribution in [2.45, 2.75) is 6.92 Å². The molecule has 3 rings (SSSR count). The minimum Gasteiger partial charge on any atom is -0.477 e. The van der Waals surface area contributed by atoms with Gasteiger partial charge in [0.2, 0.25) is 0 Å². The fraction of sp³-hybridized carbons (Fsp3) is 0.100. The van der Waals surface area contributed by atoms with Gasteiger partial charge < -0.3 is 9.15 Å². The van der Waals surface area contributed by atoms with Crippen LogP contribution in [-0.2, 0) is 4.79 Å². The van der Waals surface area contributed by atoms with Crippen molar-refractivity contribution >= 4 is 29.4 Å². The van der Waals surface area contributed by atoms with Crippen molar-refractivity contribution in [1.29, 1.82) is 0 Å². The molecule has 0 bridgehead atoms. The average Bonchev–Trinajstić information content (AvgIpc) is 3.16. The van der Waals surface area contributed by atoms with E-state index in [1.807, 2.05) is 12.1 Å². The Morgan fingerprint density at radius 3 is 2.72 bits per heavy atom. The standard InChI is InChI=1S/C20H16ClN3O5/c1-13-2-8-19(17(10-13)24(26)27)28-12-20(25)23-22-11-16-7-9-18(29-16)14-3-5-15(21)6-4-14/h2-11H,12H2,1H3,(H,23,25)/b22-11-. The van der Waals surface area contributed by atoms with Crippen molar-refractivity contribution in [1.82, 2.24) is 5.43 Å². The topological polar surface area (TPSA) is 107 Å². The summed E-state index contributed by atoms with van der Waals surface area (Å²) in [6.07, 6.45) is 1.34. The maximum atomic E-state index is 11.9. The van der Waals surface area contributed by atoms with Crippen LogP contribution in [0.2, 0.25) is 5.02 Å². The highest BCUT2D eigenvalue weighted by Crippen LogP contribution is 2.27. The van der Waals surface area contributed by atoms with Gasteiger partial charge in [-0.25, -0.2) is 5.43 Å². The van der Waals surface area contributed by atoms with Gasteiger partial charge in [-0.2, -0.15) is 5.10 Å². The molecule has 148 valence electrons. The van der Waals surface area contributed by atoms with Gasteiger partial charge >= 0.3 is 5.69 Å². The van der Waals surface area contributed by atoms with E-state index in [-0.39, 0.29) is 11.4 Å². The molecule has 1 amide bonds. The van der Waals surface area contributed by atoms with E-state index in [4.69, 9.17) is 20.8 Å². The molecular formula is C20H16ClN3O5. The molecule has 3 aromatic rings. The number of rotatable bonds is 7. The SMILES string of the molecule is Cc1ccc(OCC(=O)N/N=C\c2ccc(-c3ccc(Cl)cc3)o2)c([N+](=O)[O-])c1. The number of nitrogens with zero attached hydrogens (tertiary/aromatic N) is 2. The van der Waals surface area contributed by atoms with Crippen molar-refractivity contribution in [2.24, 2.45) is 5.10 Å². The second kappa shape index (κ2) is 9.03. The van der Waals surface area contributed by atoms with E-state index in [1.165, 1.54) is 18.3 Å². The lowest BCUT2D eigenvalue weighted by atomic mass is 10.2. The molecule has 29 heavy (non-hydrogen) atoms. The number of nitro groups is 1. The number of hydrazone groups is 1. The second-order valence-electron chi connectivity index (χ2n) is 6.02.